The average molecular weight is 423 g/mol. The minimum absolute atomic E-state index is 0.0169. The van der Waals surface area contributed by atoms with Crippen molar-refractivity contribution >= 4 is 46.6 Å². The van der Waals surface area contributed by atoms with Crippen LogP contribution in [0.3, 0.4) is 0 Å². The lowest BCUT2D eigenvalue weighted by Crippen LogP contribution is -2.29. The van der Waals surface area contributed by atoms with Crippen LogP contribution in [0, 0.1) is 0 Å². The molecular formula is C21H24Cl2N2OS. The van der Waals surface area contributed by atoms with E-state index in [9.17, 15) is 4.79 Å². The quantitative estimate of drug-likeness (QED) is 0.635. The molecule has 6 heteroatoms. The number of carbonyl (C=O) groups excluding carboxylic acids is 1. The summed E-state index contributed by atoms with van der Waals surface area (Å²) in [5.41, 5.74) is 3.27. The third-order valence-electron chi connectivity index (χ3n) is 4.69. The van der Waals surface area contributed by atoms with Crippen LogP contribution in [-0.2, 0) is 17.1 Å². The van der Waals surface area contributed by atoms with Gasteiger partial charge in [0.05, 0.1) is 5.75 Å². The van der Waals surface area contributed by atoms with E-state index in [1.165, 1.54) is 36.7 Å². The molecule has 3 nitrogen and oxygen atoms in total. The first-order chi connectivity index (χ1) is 13.1. The van der Waals surface area contributed by atoms with Gasteiger partial charge in [-0.3, -0.25) is 4.79 Å². The van der Waals surface area contributed by atoms with Crippen molar-refractivity contribution in [1.29, 1.82) is 0 Å². The molecule has 0 unspecified atom stereocenters. The van der Waals surface area contributed by atoms with Crippen molar-refractivity contribution in [3.05, 3.63) is 63.6 Å². The predicted molar refractivity (Wildman–Crippen MR) is 117 cm³/mol. The summed E-state index contributed by atoms with van der Waals surface area (Å²) >= 11 is 13.8. The van der Waals surface area contributed by atoms with Crippen molar-refractivity contribution in [3.63, 3.8) is 0 Å². The van der Waals surface area contributed by atoms with E-state index < -0.39 is 0 Å². The molecule has 1 N–H and O–H groups in total. The largest absolute Gasteiger partial charge is 0.372 e. The predicted octanol–water partition coefficient (Wildman–Crippen LogP) is 5.53. The number of thioether (sulfide) groups is 1. The van der Waals surface area contributed by atoms with Gasteiger partial charge < -0.3 is 10.2 Å². The van der Waals surface area contributed by atoms with Crippen molar-refractivity contribution in [2.24, 2.45) is 0 Å². The Bertz CT molecular complexity index is 741. The van der Waals surface area contributed by atoms with Crippen LogP contribution in [0.4, 0.5) is 5.69 Å². The van der Waals surface area contributed by atoms with Gasteiger partial charge in [0.15, 0.2) is 0 Å². The Kier molecular flexibility index (Phi) is 7.74. The van der Waals surface area contributed by atoms with Gasteiger partial charge in [-0.05, 0) is 54.7 Å². The highest BCUT2D eigenvalue weighted by Crippen LogP contribution is 2.28. The van der Waals surface area contributed by atoms with Crippen molar-refractivity contribution in [1.82, 2.24) is 5.32 Å². The van der Waals surface area contributed by atoms with E-state index in [0.717, 1.165) is 24.2 Å². The molecule has 0 aliphatic carbocycles. The molecule has 0 atom stereocenters. The van der Waals surface area contributed by atoms with Gasteiger partial charge in [0, 0.05) is 41.1 Å². The van der Waals surface area contributed by atoms with Crippen LogP contribution in [0.5, 0.6) is 0 Å². The number of hydrogen-bond donors (Lipinski definition) is 1. The summed E-state index contributed by atoms with van der Waals surface area (Å²) in [7, 11) is 0. The number of nitrogens with zero attached hydrogens (tertiary/aromatic N) is 1. The molecule has 1 amide bonds. The molecule has 0 saturated carbocycles. The number of piperidine rings is 1. The number of rotatable bonds is 7. The van der Waals surface area contributed by atoms with Gasteiger partial charge >= 0.3 is 0 Å². The first-order valence-corrected chi connectivity index (χ1v) is 11.2. The maximum Gasteiger partial charge on any atom is 0.230 e. The summed E-state index contributed by atoms with van der Waals surface area (Å²) in [6.45, 7) is 2.83. The number of benzene rings is 2. The summed E-state index contributed by atoms with van der Waals surface area (Å²) in [5, 5.41) is 4.26. The number of nitrogens with one attached hydrogen (secondary N) is 1. The van der Waals surface area contributed by atoms with Gasteiger partial charge in [-0.2, -0.15) is 0 Å². The fourth-order valence-corrected chi connectivity index (χ4v) is 4.74. The molecule has 27 heavy (non-hydrogen) atoms. The van der Waals surface area contributed by atoms with E-state index in [1.807, 2.05) is 18.2 Å². The maximum absolute atomic E-state index is 12.1. The third-order valence-corrected chi connectivity index (χ3v) is 6.36. The van der Waals surface area contributed by atoms with Crippen LogP contribution >= 0.6 is 35.0 Å². The second kappa shape index (κ2) is 10.3. The smallest absolute Gasteiger partial charge is 0.230 e. The molecule has 3 rings (SSSR count). The van der Waals surface area contributed by atoms with Crippen molar-refractivity contribution in [2.45, 2.75) is 31.6 Å². The van der Waals surface area contributed by atoms with Gasteiger partial charge in [-0.15, -0.1) is 11.8 Å². The van der Waals surface area contributed by atoms with Gasteiger partial charge in [0.1, 0.15) is 0 Å². The van der Waals surface area contributed by atoms with Gasteiger partial charge in [0.2, 0.25) is 5.91 Å². The lowest BCUT2D eigenvalue weighted by Gasteiger charge is -2.28. The monoisotopic (exact) mass is 422 g/mol. The van der Waals surface area contributed by atoms with Gasteiger partial charge in [0.25, 0.3) is 0 Å². The summed E-state index contributed by atoms with van der Waals surface area (Å²) < 4.78 is 0. The minimum Gasteiger partial charge on any atom is -0.372 e. The van der Waals surface area contributed by atoms with E-state index in [1.54, 1.807) is 0 Å². The highest BCUT2D eigenvalue weighted by Gasteiger charge is 2.11. The Labute approximate surface area is 175 Å². The van der Waals surface area contributed by atoms with Crippen LogP contribution in [-0.4, -0.2) is 24.7 Å². The Morgan fingerprint density at radius 2 is 1.67 bits per heavy atom. The molecule has 0 spiro atoms. The van der Waals surface area contributed by atoms with E-state index in [4.69, 9.17) is 23.2 Å². The molecule has 1 saturated heterocycles. The first-order valence-electron chi connectivity index (χ1n) is 9.25. The van der Waals surface area contributed by atoms with Crippen LogP contribution in [0.15, 0.2) is 42.5 Å². The zero-order valence-corrected chi connectivity index (χ0v) is 17.5. The average Bonchev–Trinajstić information content (AvgIpc) is 2.70. The molecule has 1 aliphatic rings. The standard InChI is InChI=1S/C21H24Cl2N2OS/c22-19-5-4-6-20(23)18(19)14-27-15-21(26)24-13-16-7-9-17(10-8-16)25-11-2-1-3-12-25/h4-10H,1-3,11-15H2,(H,24,26). The Balaban J connectivity index is 1.41. The topological polar surface area (TPSA) is 32.3 Å². The number of hydrogen-bond acceptors (Lipinski definition) is 3. The minimum atomic E-state index is 0.0169. The number of anilines is 1. The third kappa shape index (κ3) is 6.06. The van der Waals surface area contributed by atoms with Gasteiger partial charge in [-0.1, -0.05) is 41.4 Å². The second-order valence-corrected chi connectivity index (χ2v) is 8.48. The molecule has 1 aliphatic heterocycles. The molecule has 0 bridgehead atoms. The molecule has 1 fully saturated rings. The number of amides is 1. The molecule has 0 radical (unpaired) electrons. The fourth-order valence-electron chi connectivity index (χ4n) is 3.14. The molecule has 2 aromatic rings. The van der Waals surface area contributed by atoms with E-state index in [2.05, 4.69) is 34.5 Å². The number of halogens is 2. The maximum atomic E-state index is 12.1. The molecule has 1 heterocycles. The van der Waals surface area contributed by atoms with E-state index >= 15 is 0 Å². The second-order valence-electron chi connectivity index (χ2n) is 6.68. The zero-order valence-electron chi connectivity index (χ0n) is 15.2. The summed E-state index contributed by atoms with van der Waals surface area (Å²) in [6, 6.07) is 14.0. The fraction of sp³-hybridized carbons (Fsp3) is 0.381. The van der Waals surface area contributed by atoms with Crippen molar-refractivity contribution in [2.75, 3.05) is 23.7 Å². The van der Waals surface area contributed by atoms with Crippen LogP contribution in [0.25, 0.3) is 0 Å². The normalized spacial score (nSPS) is 14.2. The summed E-state index contributed by atoms with van der Waals surface area (Å²) in [5.74, 6) is 1.02. The number of carbonyl (C=O) groups is 1. The first kappa shape index (κ1) is 20.4. The van der Waals surface area contributed by atoms with Crippen LogP contribution < -0.4 is 10.2 Å². The SMILES string of the molecule is O=C(CSCc1c(Cl)cccc1Cl)NCc1ccc(N2CCCCC2)cc1. The summed E-state index contributed by atoms with van der Waals surface area (Å²) in [6.07, 6.45) is 3.88. The Morgan fingerprint density at radius 1 is 1.00 bits per heavy atom. The van der Waals surface area contributed by atoms with Crippen molar-refractivity contribution in [3.8, 4) is 0 Å². The lowest BCUT2D eigenvalue weighted by molar-refractivity contribution is -0.118. The van der Waals surface area contributed by atoms with Crippen LogP contribution in [0.2, 0.25) is 10.0 Å². The highest BCUT2D eigenvalue weighted by atomic mass is 35.5. The lowest BCUT2D eigenvalue weighted by atomic mass is 10.1. The molecule has 2 aromatic carbocycles. The Morgan fingerprint density at radius 3 is 2.33 bits per heavy atom. The van der Waals surface area contributed by atoms with Gasteiger partial charge in [-0.25, -0.2) is 0 Å². The Hall–Kier alpha value is -1.36. The highest BCUT2D eigenvalue weighted by molar-refractivity contribution is 7.99. The molecular weight excluding hydrogens is 399 g/mol. The molecule has 144 valence electrons. The summed E-state index contributed by atoms with van der Waals surface area (Å²) in [4.78, 5) is 14.5. The van der Waals surface area contributed by atoms with Crippen molar-refractivity contribution < 1.29 is 4.79 Å². The van der Waals surface area contributed by atoms with E-state index in [0.29, 0.717) is 28.1 Å². The van der Waals surface area contributed by atoms with Crippen LogP contribution in [0.1, 0.15) is 30.4 Å². The van der Waals surface area contributed by atoms with E-state index in [-0.39, 0.29) is 5.91 Å². The zero-order chi connectivity index (χ0) is 19.1. The molecule has 0 aromatic heterocycles.